The Morgan fingerprint density at radius 1 is 0.815 bits per heavy atom. The van der Waals surface area contributed by atoms with Crippen molar-refractivity contribution in [1.82, 2.24) is 5.32 Å². The number of hydrogen-bond acceptors (Lipinski definition) is 3. The molecule has 0 spiro atoms. The second kappa shape index (κ2) is 10.4. The van der Waals surface area contributed by atoms with Crippen molar-refractivity contribution in [2.24, 2.45) is 0 Å². The summed E-state index contributed by atoms with van der Waals surface area (Å²) in [6, 6.07) is 25.0. The van der Waals surface area contributed by atoms with Crippen molar-refractivity contribution in [2.45, 2.75) is 19.7 Å². The fourth-order valence-corrected chi connectivity index (χ4v) is 2.60. The number of carbonyl (C=O) groups is 1. The Bertz CT molecular complexity index is 851. The van der Waals surface area contributed by atoms with E-state index >= 15 is 0 Å². The molecule has 0 aliphatic rings. The summed E-state index contributed by atoms with van der Waals surface area (Å²) in [5.74, 6) is -0.0595. The molecule has 0 aliphatic heterocycles. The zero-order chi connectivity index (χ0) is 18.2. The van der Waals surface area contributed by atoms with Gasteiger partial charge in [0.2, 0.25) is 0 Å². The molecule has 0 aromatic heterocycles. The second-order valence-electron chi connectivity index (χ2n) is 6.03. The average molecular weight is 384 g/mol. The van der Waals surface area contributed by atoms with E-state index in [1.165, 1.54) is 0 Å². The lowest BCUT2D eigenvalue weighted by molar-refractivity contribution is 0.0697. The molecule has 0 saturated carbocycles. The Kier molecular flexibility index (Phi) is 7.86. The van der Waals surface area contributed by atoms with Gasteiger partial charge in [-0.2, -0.15) is 0 Å². The van der Waals surface area contributed by atoms with Gasteiger partial charge in [0.15, 0.2) is 0 Å². The number of benzene rings is 3. The largest absolute Gasteiger partial charge is 0.489 e. The van der Waals surface area contributed by atoms with Gasteiger partial charge in [-0.3, -0.25) is 0 Å². The normalized spacial score (nSPS) is 10.1. The summed E-state index contributed by atoms with van der Waals surface area (Å²) in [6.45, 7) is 1.94. The monoisotopic (exact) mass is 383 g/mol. The molecule has 0 atom stereocenters. The summed E-state index contributed by atoms with van der Waals surface area (Å²) in [5, 5.41) is 12.3. The van der Waals surface area contributed by atoms with E-state index in [0.717, 1.165) is 22.4 Å². The molecule has 0 heterocycles. The molecule has 140 valence electrons. The number of aromatic carboxylic acids is 1. The van der Waals surface area contributed by atoms with Crippen LogP contribution >= 0.6 is 12.4 Å². The quantitative estimate of drug-likeness (QED) is 0.593. The highest BCUT2D eigenvalue weighted by Crippen LogP contribution is 2.15. The zero-order valence-electron chi connectivity index (χ0n) is 14.8. The first-order valence-corrected chi connectivity index (χ1v) is 8.49. The van der Waals surface area contributed by atoms with Gasteiger partial charge in [0.05, 0.1) is 5.56 Å². The first-order chi connectivity index (χ1) is 12.7. The minimum Gasteiger partial charge on any atom is -0.489 e. The summed E-state index contributed by atoms with van der Waals surface area (Å²) >= 11 is 0. The van der Waals surface area contributed by atoms with E-state index in [1.807, 2.05) is 60.7 Å². The fourth-order valence-electron chi connectivity index (χ4n) is 2.60. The average Bonchev–Trinajstić information content (AvgIpc) is 2.68. The second-order valence-corrected chi connectivity index (χ2v) is 6.03. The van der Waals surface area contributed by atoms with Crippen LogP contribution in [0, 0.1) is 0 Å². The summed E-state index contributed by atoms with van der Waals surface area (Å²) in [5.41, 5.74) is 3.63. The van der Waals surface area contributed by atoms with Gasteiger partial charge in [-0.1, -0.05) is 54.6 Å². The topological polar surface area (TPSA) is 58.6 Å². The predicted octanol–water partition coefficient (Wildman–Crippen LogP) is 4.68. The first kappa shape index (κ1) is 20.5. The number of carboxylic acids is 1. The lowest BCUT2D eigenvalue weighted by atomic mass is 10.1. The van der Waals surface area contributed by atoms with Gasteiger partial charge in [0.1, 0.15) is 12.4 Å². The van der Waals surface area contributed by atoms with Crippen LogP contribution in [0.4, 0.5) is 0 Å². The molecular weight excluding hydrogens is 362 g/mol. The highest BCUT2D eigenvalue weighted by Gasteiger charge is 2.02. The summed E-state index contributed by atoms with van der Waals surface area (Å²) in [6.07, 6.45) is 0. The lowest BCUT2D eigenvalue weighted by Crippen LogP contribution is -2.12. The van der Waals surface area contributed by atoms with E-state index in [2.05, 4.69) is 11.4 Å². The SMILES string of the molecule is Cl.O=C(O)c1ccc(CNCc2cccc(OCc3ccccc3)c2)cc1. The van der Waals surface area contributed by atoms with Gasteiger partial charge in [-0.05, 0) is 41.0 Å². The van der Waals surface area contributed by atoms with Crippen LogP contribution in [0.2, 0.25) is 0 Å². The number of halogens is 1. The molecule has 5 heteroatoms. The van der Waals surface area contributed by atoms with Crippen LogP contribution in [0.15, 0.2) is 78.9 Å². The Labute approximate surface area is 165 Å². The molecular formula is C22H22ClNO3. The Morgan fingerprint density at radius 3 is 2.19 bits per heavy atom. The molecule has 3 rings (SSSR count). The molecule has 2 N–H and O–H groups in total. The van der Waals surface area contributed by atoms with E-state index in [-0.39, 0.29) is 12.4 Å². The molecule has 3 aromatic carbocycles. The summed E-state index contributed by atoms with van der Waals surface area (Å²) < 4.78 is 5.85. The first-order valence-electron chi connectivity index (χ1n) is 8.49. The van der Waals surface area contributed by atoms with Crippen molar-refractivity contribution in [3.05, 3.63) is 101 Å². The zero-order valence-corrected chi connectivity index (χ0v) is 15.6. The van der Waals surface area contributed by atoms with E-state index in [1.54, 1.807) is 12.1 Å². The standard InChI is InChI=1S/C22H21NO3.ClH/c24-22(25)20-11-9-17(10-12-20)14-23-15-19-7-4-8-21(13-19)26-16-18-5-2-1-3-6-18;/h1-13,23H,14-16H2,(H,24,25);1H. The Balaban J connectivity index is 0.00000261. The molecule has 0 aliphatic carbocycles. The molecule has 0 radical (unpaired) electrons. The number of hydrogen-bond donors (Lipinski definition) is 2. The molecule has 3 aromatic rings. The van der Waals surface area contributed by atoms with Gasteiger partial charge in [-0.25, -0.2) is 4.79 Å². The van der Waals surface area contributed by atoms with Crippen LogP contribution < -0.4 is 10.1 Å². The van der Waals surface area contributed by atoms with Crippen molar-refractivity contribution in [3.8, 4) is 5.75 Å². The van der Waals surface area contributed by atoms with Gasteiger partial charge >= 0.3 is 5.97 Å². The minimum absolute atomic E-state index is 0. The van der Waals surface area contributed by atoms with Crippen LogP contribution in [0.3, 0.4) is 0 Å². The number of nitrogens with one attached hydrogen (secondary N) is 1. The number of ether oxygens (including phenoxy) is 1. The Morgan fingerprint density at radius 2 is 1.48 bits per heavy atom. The molecule has 27 heavy (non-hydrogen) atoms. The smallest absolute Gasteiger partial charge is 0.335 e. The van der Waals surface area contributed by atoms with Gasteiger partial charge in [0, 0.05) is 13.1 Å². The maximum absolute atomic E-state index is 10.9. The maximum Gasteiger partial charge on any atom is 0.335 e. The van der Waals surface area contributed by atoms with Crippen molar-refractivity contribution < 1.29 is 14.6 Å². The van der Waals surface area contributed by atoms with Gasteiger partial charge in [-0.15, -0.1) is 12.4 Å². The van der Waals surface area contributed by atoms with Gasteiger partial charge in [0.25, 0.3) is 0 Å². The van der Waals surface area contributed by atoms with Crippen molar-refractivity contribution in [2.75, 3.05) is 0 Å². The van der Waals surface area contributed by atoms with Crippen LogP contribution in [-0.4, -0.2) is 11.1 Å². The molecule has 0 bridgehead atoms. The number of rotatable bonds is 8. The van der Waals surface area contributed by atoms with Crippen LogP contribution in [0.1, 0.15) is 27.0 Å². The van der Waals surface area contributed by atoms with Crippen molar-refractivity contribution in [3.63, 3.8) is 0 Å². The van der Waals surface area contributed by atoms with Crippen LogP contribution in [0.25, 0.3) is 0 Å². The summed E-state index contributed by atoms with van der Waals surface area (Å²) in [7, 11) is 0. The van der Waals surface area contributed by atoms with Crippen molar-refractivity contribution >= 4 is 18.4 Å². The molecule has 4 nitrogen and oxygen atoms in total. The molecule has 0 unspecified atom stereocenters. The van der Waals surface area contributed by atoms with Crippen LogP contribution in [0.5, 0.6) is 5.75 Å². The van der Waals surface area contributed by atoms with E-state index in [4.69, 9.17) is 9.84 Å². The van der Waals surface area contributed by atoms with Crippen molar-refractivity contribution in [1.29, 1.82) is 0 Å². The minimum atomic E-state index is -0.906. The highest BCUT2D eigenvalue weighted by atomic mass is 35.5. The fraction of sp³-hybridized carbons (Fsp3) is 0.136. The third-order valence-electron chi connectivity index (χ3n) is 4.01. The van der Waals surface area contributed by atoms with Gasteiger partial charge < -0.3 is 15.2 Å². The third kappa shape index (κ3) is 6.44. The highest BCUT2D eigenvalue weighted by molar-refractivity contribution is 5.87. The Hall–Kier alpha value is -2.82. The van der Waals surface area contributed by atoms with E-state index in [9.17, 15) is 4.79 Å². The summed E-state index contributed by atoms with van der Waals surface area (Å²) in [4.78, 5) is 10.9. The molecule has 0 fully saturated rings. The van der Waals surface area contributed by atoms with E-state index < -0.39 is 5.97 Å². The molecule has 0 amide bonds. The third-order valence-corrected chi connectivity index (χ3v) is 4.01. The number of carboxylic acid groups (broad SMARTS) is 1. The van der Waals surface area contributed by atoms with Crippen LogP contribution in [-0.2, 0) is 19.7 Å². The van der Waals surface area contributed by atoms with E-state index in [0.29, 0.717) is 25.3 Å². The lowest BCUT2D eigenvalue weighted by Gasteiger charge is -2.09. The molecule has 0 saturated heterocycles. The predicted molar refractivity (Wildman–Crippen MR) is 108 cm³/mol. The maximum atomic E-state index is 10.9.